The molecule has 0 saturated heterocycles. The number of likely N-dealkylation sites (N-methyl/N-ethyl adjacent to an activating group) is 1. The van der Waals surface area contributed by atoms with E-state index in [4.69, 9.17) is 32.5 Å². The Hall–Kier alpha value is -2.10. The van der Waals surface area contributed by atoms with Crippen molar-refractivity contribution in [1.29, 1.82) is 0 Å². The molecular weight excluding hydrogens is 449 g/mol. The fraction of sp³-hybridized carbons (Fsp3) is 0.250. The van der Waals surface area contributed by atoms with E-state index in [2.05, 4.69) is 10.00 Å². The van der Waals surface area contributed by atoms with Crippen LogP contribution in [-0.4, -0.2) is 61.2 Å². The second-order valence-corrected chi connectivity index (χ2v) is 9.00. The van der Waals surface area contributed by atoms with E-state index in [1.807, 2.05) is 68.8 Å². The van der Waals surface area contributed by atoms with Crippen LogP contribution in [0.2, 0.25) is 10.0 Å². The molecule has 1 N–H and O–H groups in total. The molecule has 1 aromatic heterocycles. The van der Waals surface area contributed by atoms with Crippen molar-refractivity contribution in [2.75, 3.05) is 33.5 Å². The van der Waals surface area contributed by atoms with E-state index in [0.29, 0.717) is 28.8 Å². The predicted octanol–water partition coefficient (Wildman–Crippen LogP) is 4.29. The van der Waals surface area contributed by atoms with Crippen LogP contribution in [0.3, 0.4) is 0 Å². The zero-order chi connectivity index (χ0) is 22.3. The van der Waals surface area contributed by atoms with E-state index < -0.39 is 10.1 Å². The Balaban J connectivity index is 0.000000575. The van der Waals surface area contributed by atoms with Gasteiger partial charge in [-0.25, -0.2) is 4.68 Å². The lowest BCUT2D eigenvalue weighted by Gasteiger charge is -2.10. The van der Waals surface area contributed by atoms with Gasteiger partial charge in [0, 0.05) is 22.8 Å². The summed E-state index contributed by atoms with van der Waals surface area (Å²) in [6.07, 6.45) is 2.67. The molecule has 3 rings (SSSR count). The van der Waals surface area contributed by atoms with Gasteiger partial charge in [-0.3, -0.25) is 4.55 Å². The van der Waals surface area contributed by atoms with E-state index in [-0.39, 0.29) is 0 Å². The van der Waals surface area contributed by atoms with Crippen molar-refractivity contribution in [1.82, 2.24) is 14.7 Å². The monoisotopic (exact) mass is 471 g/mol. The van der Waals surface area contributed by atoms with Crippen LogP contribution in [0.4, 0.5) is 0 Å². The Labute approximate surface area is 186 Å². The van der Waals surface area contributed by atoms with Gasteiger partial charge in [0.1, 0.15) is 6.61 Å². The Kier molecular flexibility index (Phi) is 8.69. The van der Waals surface area contributed by atoms with Gasteiger partial charge in [-0.1, -0.05) is 35.3 Å². The molecule has 1 heterocycles. The van der Waals surface area contributed by atoms with Gasteiger partial charge in [0.15, 0.2) is 0 Å². The third-order valence-corrected chi connectivity index (χ3v) is 4.21. The largest absolute Gasteiger partial charge is 0.475 e. The van der Waals surface area contributed by atoms with Gasteiger partial charge in [0.25, 0.3) is 10.1 Å². The first-order valence-electron chi connectivity index (χ1n) is 8.84. The quantitative estimate of drug-likeness (QED) is 0.539. The van der Waals surface area contributed by atoms with E-state index in [1.54, 1.807) is 4.68 Å². The van der Waals surface area contributed by atoms with Gasteiger partial charge in [0.2, 0.25) is 5.88 Å². The highest BCUT2D eigenvalue weighted by Gasteiger charge is 2.14. The summed E-state index contributed by atoms with van der Waals surface area (Å²) in [7, 11) is 0.353. The Morgan fingerprint density at radius 3 is 2.03 bits per heavy atom. The smallest absolute Gasteiger partial charge is 0.261 e. The lowest BCUT2D eigenvalue weighted by Crippen LogP contribution is -2.19. The van der Waals surface area contributed by atoms with Crippen molar-refractivity contribution in [3.63, 3.8) is 0 Å². The molecule has 0 amide bonds. The lowest BCUT2D eigenvalue weighted by molar-refractivity contribution is 0.253. The van der Waals surface area contributed by atoms with Crippen molar-refractivity contribution < 1.29 is 17.7 Å². The Morgan fingerprint density at radius 1 is 1.03 bits per heavy atom. The van der Waals surface area contributed by atoms with Gasteiger partial charge in [-0.15, -0.1) is 5.10 Å². The summed E-state index contributed by atoms with van der Waals surface area (Å²) >= 11 is 12.0. The highest BCUT2D eigenvalue weighted by atomic mass is 35.5. The van der Waals surface area contributed by atoms with Gasteiger partial charge in [-0.05, 0) is 56.1 Å². The summed E-state index contributed by atoms with van der Waals surface area (Å²) in [5, 5.41) is 5.99. The summed E-state index contributed by atoms with van der Waals surface area (Å²) in [4.78, 5) is 2.07. The molecular formula is C20H23Cl2N3O4S. The molecule has 0 bridgehead atoms. The van der Waals surface area contributed by atoms with Crippen molar-refractivity contribution in [2.45, 2.75) is 0 Å². The van der Waals surface area contributed by atoms with Crippen molar-refractivity contribution in [3.05, 3.63) is 64.8 Å². The minimum Gasteiger partial charge on any atom is -0.475 e. The fourth-order valence-corrected chi connectivity index (χ4v) is 2.60. The van der Waals surface area contributed by atoms with Crippen molar-refractivity contribution >= 4 is 33.3 Å². The van der Waals surface area contributed by atoms with Crippen LogP contribution < -0.4 is 4.74 Å². The molecule has 0 fully saturated rings. The number of hydrogen-bond acceptors (Lipinski definition) is 5. The average Bonchev–Trinajstić information content (AvgIpc) is 3.05. The molecule has 0 spiro atoms. The van der Waals surface area contributed by atoms with Gasteiger partial charge < -0.3 is 9.64 Å². The SMILES string of the molecule is CN(C)CCOc1nn(-c2ccc(Cl)cc2)cc1-c1ccc(Cl)cc1.CS(=O)(=O)O. The van der Waals surface area contributed by atoms with Gasteiger partial charge in [0.05, 0.1) is 17.5 Å². The van der Waals surface area contributed by atoms with Crippen LogP contribution >= 0.6 is 23.2 Å². The van der Waals surface area contributed by atoms with Crippen LogP contribution in [-0.2, 0) is 10.1 Å². The van der Waals surface area contributed by atoms with Gasteiger partial charge >= 0.3 is 0 Å². The molecule has 162 valence electrons. The summed E-state index contributed by atoms with van der Waals surface area (Å²) in [6.45, 7) is 1.37. The normalized spacial score (nSPS) is 11.2. The topological polar surface area (TPSA) is 84.7 Å². The fourth-order valence-electron chi connectivity index (χ4n) is 2.34. The predicted molar refractivity (Wildman–Crippen MR) is 121 cm³/mol. The maximum Gasteiger partial charge on any atom is 0.261 e. The molecule has 2 aromatic carbocycles. The van der Waals surface area contributed by atoms with E-state index in [9.17, 15) is 8.42 Å². The molecule has 3 aromatic rings. The maximum atomic E-state index is 9.19. The van der Waals surface area contributed by atoms with Crippen LogP contribution in [0.1, 0.15) is 0 Å². The number of nitrogens with zero attached hydrogens (tertiary/aromatic N) is 3. The summed E-state index contributed by atoms with van der Waals surface area (Å²) in [6, 6.07) is 15.2. The first kappa shape index (κ1) is 24.2. The molecule has 7 nitrogen and oxygen atoms in total. The Morgan fingerprint density at radius 2 is 1.53 bits per heavy atom. The van der Waals surface area contributed by atoms with Crippen LogP contribution in [0.25, 0.3) is 16.8 Å². The molecule has 0 atom stereocenters. The molecule has 0 saturated carbocycles. The first-order chi connectivity index (χ1) is 14.0. The third-order valence-electron chi connectivity index (χ3n) is 3.70. The maximum absolute atomic E-state index is 9.19. The second kappa shape index (κ2) is 10.8. The first-order valence-corrected chi connectivity index (χ1v) is 11.4. The standard InChI is InChI=1S/C19H19Cl2N3O.CH4O3S/c1-23(2)11-12-25-19-18(14-3-5-15(20)6-4-14)13-24(22-19)17-9-7-16(21)8-10-17;1-5(2,3)4/h3-10,13H,11-12H2,1-2H3;1H3,(H,2,3,4). The van der Waals surface area contributed by atoms with Crippen LogP contribution in [0.5, 0.6) is 5.88 Å². The molecule has 0 aliphatic rings. The lowest BCUT2D eigenvalue weighted by atomic mass is 10.1. The zero-order valence-electron chi connectivity index (χ0n) is 16.8. The summed E-state index contributed by atoms with van der Waals surface area (Å²) in [5.41, 5.74) is 2.84. The van der Waals surface area contributed by atoms with Crippen molar-refractivity contribution in [2.24, 2.45) is 0 Å². The van der Waals surface area contributed by atoms with Crippen LogP contribution in [0, 0.1) is 0 Å². The Bertz CT molecular complexity index is 1040. The highest BCUT2D eigenvalue weighted by Crippen LogP contribution is 2.31. The number of hydrogen-bond donors (Lipinski definition) is 1. The summed E-state index contributed by atoms with van der Waals surface area (Å²) < 4.78 is 33.6. The average molecular weight is 472 g/mol. The number of ether oxygens (including phenoxy) is 1. The molecule has 0 radical (unpaired) electrons. The van der Waals surface area contributed by atoms with Crippen molar-refractivity contribution in [3.8, 4) is 22.7 Å². The molecule has 0 aliphatic carbocycles. The minimum atomic E-state index is -3.67. The minimum absolute atomic E-state index is 0.561. The number of rotatable bonds is 6. The number of halogens is 2. The summed E-state index contributed by atoms with van der Waals surface area (Å²) in [5.74, 6) is 0.596. The van der Waals surface area contributed by atoms with Crippen LogP contribution in [0.15, 0.2) is 54.7 Å². The number of aromatic nitrogens is 2. The molecule has 0 aliphatic heterocycles. The van der Waals surface area contributed by atoms with E-state index >= 15 is 0 Å². The van der Waals surface area contributed by atoms with E-state index in [0.717, 1.165) is 23.4 Å². The van der Waals surface area contributed by atoms with Gasteiger partial charge in [-0.2, -0.15) is 8.42 Å². The zero-order valence-corrected chi connectivity index (χ0v) is 19.1. The number of benzene rings is 2. The highest BCUT2D eigenvalue weighted by molar-refractivity contribution is 7.85. The second-order valence-electron chi connectivity index (χ2n) is 6.66. The molecule has 0 unspecified atom stereocenters. The third kappa shape index (κ3) is 8.33. The molecule has 10 heteroatoms. The molecule has 30 heavy (non-hydrogen) atoms. The van der Waals surface area contributed by atoms with E-state index in [1.165, 1.54) is 0 Å².